The number of pyridine rings is 1. The molecule has 3 amide bonds. The Morgan fingerprint density at radius 2 is 2.11 bits per heavy atom. The number of hydrogen-bond acceptors (Lipinski definition) is 6. The van der Waals surface area contributed by atoms with Crippen molar-refractivity contribution in [3.8, 4) is 6.07 Å². The van der Waals surface area contributed by atoms with Crippen LogP contribution in [0.5, 0.6) is 0 Å². The largest absolute Gasteiger partial charge is 0.381 e. The minimum Gasteiger partial charge on any atom is -0.381 e. The molecule has 0 saturated carbocycles. The highest BCUT2D eigenvalue weighted by Gasteiger charge is 2.43. The predicted octanol–water partition coefficient (Wildman–Crippen LogP) is 3.08. The fraction of sp³-hybridized carbons (Fsp3) is 0.462. The molecule has 0 aliphatic carbocycles. The van der Waals surface area contributed by atoms with Gasteiger partial charge in [-0.1, -0.05) is 6.07 Å². The lowest BCUT2D eigenvalue weighted by molar-refractivity contribution is -0.0741. The molecule has 2 saturated heterocycles. The maximum absolute atomic E-state index is 13.2. The van der Waals surface area contributed by atoms with E-state index in [4.69, 9.17) is 14.7 Å². The number of nitriles is 1. The fourth-order valence-electron chi connectivity index (χ4n) is 5.11. The van der Waals surface area contributed by atoms with Crippen molar-refractivity contribution in [2.24, 2.45) is 5.92 Å². The van der Waals surface area contributed by atoms with E-state index in [0.29, 0.717) is 74.1 Å². The number of likely N-dealkylation sites (tertiary alicyclic amines) is 1. The summed E-state index contributed by atoms with van der Waals surface area (Å²) in [6.45, 7) is 5.35. The molecule has 4 heterocycles. The summed E-state index contributed by atoms with van der Waals surface area (Å²) in [6.07, 6.45) is 3.88. The molecular weight excluding hydrogens is 446 g/mol. The van der Waals surface area contributed by atoms with E-state index in [2.05, 4.69) is 21.7 Å². The van der Waals surface area contributed by atoms with Gasteiger partial charge in [0.25, 0.3) is 5.91 Å². The Balaban J connectivity index is 1.21. The molecule has 35 heavy (non-hydrogen) atoms. The summed E-state index contributed by atoms with van der Waals surface area (Å²) in [7, 11) is 0. The molecule has 1 spiro atoms. The van der Waals surface area contributed by atoms with Gasteiger partial charge in [-0.3, -0.25) is 9.78 Å². The number of nitrogens with one attached hydrogen (secondary N) is 2. The maximum atomic E-state index is 13.2. The topological polar surface area (TPSA) is 117 Å². The minimum absolute atomic E-state index is 0.114. The number of aryl methyl sites for hydroxylation is 1. The van der Waals surface area contributed by atoms with Crippen LogP contribution in [0.15, 0.2) is 30.5 Å². The highest BCUT2D eigenvalue weighted by atomic mass is 16.5. The fourth-order valence-corrected chi connectivity index (χ4v) is 5.11. The van der Waals surface area contributed by atoms with Gasteiger partial charge in [-0.15, -0.1) is 0 Å². The number of piperidine rings is 1. The molecule has 9 nitrogen and oxygen atoms in total. The Morgan fingerprint density at radius 3 is 2.86 bits per heavy atom. The number of benzene rings is 1. The van der Waals surface area contributed by atoms with Crippen LogP contribution in [0.2, 0.25) is 0 Å². The SMILES string of the molecule is Cc1ncc(C(=O)N2CCC3(CC2)OCc2cc(C#N)ccc23)cc1NC(=O)NCC1CCOC1. The second-order valence-electron chi connectivity index (χ2n) is 9.48. The van der Waals surface area contributed by atoms with E-state index in [1.54, 1.807) is 19.2 Å². The third-order valence-corrected chi connectivity index (χ3v) is 7.24. The van der Waals surface area contributed by atoms with E-state index in [1.165, 1.54) is 0 Å². The van der Waals surface area contributed by atoms with Gasteiger partial charge in [0.05, 0.1) is 47.4 Å². The van der Waals surface area contributed by atoms with Gasteiger partial charge in [0, 0.05) is 38.4 Å². The number of urea groups is 1. The lowest BCUT2D eigenvalue weighted by Crippen LogP contribution is -2.45. The van der Waals surface area contributed by atoms with Gasteiger partial charge in [-0.05, 0) is 55.5 Å². The lowest BCUT2D eigenvalue weighted by Gasteiger charge is -2.39. The van der Waals surface area contributed by atoms with E-state index in [1.807, 2.05) is 23.1 Å². The molecule has 3 aliphatic rings. The first-order valence-corrected chi connectivity index (χ1v) is 12.0. The summed E-state index contributed by atoms with van der Waals surface area (Å²) in [5.74, 6) is 0.219. The average Bonchev–Trinajstić information content (AvgIpc) is 3.52. The minimum atomic E-state index is -0.402. The molecule has 1 unspecified atom stereocenters. The zero-order chi connectivity index (χ0) is 24.4. The lowest BCUT2D eigenvalue weighted by atomic mass is 9.83. The summed E-state index contributed by atoms with van der Waals surface area (Å²) in [4.78, 5) is 31.8. The van der Waals surface area contributed by atoms with Gasteiger partial charge in [-0.25, -0.2) is 4.79 Å². The molecule has 0 radical (unpaired) electrons. The Bertz CT molecular complexity index is 1180. The molecule has 2 N–H and O–H groups in total. The zero-order valence-electron chi connectivity index (χ0n) is 19.8. The van der Waals surface area contributed by atoms with Crippen molar-refractivity contribution in [1.82, 2.24) is 15.2 Å². The van der Waals surface area contributed by atoms with Crippen LogP contribution in [0.1, 0.15) is 52.0 Å². The number of rotatable bonds is 4. The van der Waals surface area contributed by atoms with Crippen molar-refractivity contribution in [2.75, 3.05) is 38.2 Å². The van der Waals surface area contributed by atoms with Crippen LogP contribution in [0, 0.1) is 24.2 Å². The third kappa shape index (κ3) is 4.72. The van der Waals surface area contributed by atoms with Crippen LogP contribution in [-0.4, -0.2) is 54.7 Å². The van der Waals surface area contributed by atoms with Crippen molar-refractivity contribution in [3.05, 3.63) is 58.4 Å². The van der Waals surface area contributed by atoms with E-state index in [0.717, 1.165) is 24.2 Å². The van der Waals surface area contributed by atoms with Gasteiger partial charge in [0.1, 0.15) is 0 Å². The average molecular weight is 476 g/mol. The Kier molecular flexibility index (Phi) is 6.41. The van der Waals surface area contributed by atoms with Crippen molar-refractivity contribution in [1.29, 1.82) is 5.26 Å². The van der Waals surface area contributed by atoms with Gasteiger partial charge in [0.2, 0.25) is 0 Å². The Hall–Kier alpha value is -3.48. The smallest absolute Gasteiger partial charge is 0.319 e. The van der Waals surface area contributed by atoms with Gasteiger partial charge in [0.15, 0.2) is 0 Å². The molecule has 182 valence electrons. The predicted molar refractivity (Wildman–Crippen MR) is 128 cm³/mol. The van der Waals surface area contributed by atoms with Crippen LogP contribution in [-0.2, 0) is 21.7 Å². The van der Waals surface area contributed by atoms with Crippen molar-refractivity contribution >= 4 is 17.6 Å². The van der Waals surface area contributed by atoms with Gasteiger partial charge in [-0.2, -0.15) is 5.26 Å². The Labute approximate surface area is 204 Å². The number of nitrogens with zero attached hydrogens (tertiary/aromatic N) is 3. The molecule has 9 heteroatoms. The number of hydrogen-bond donors (Lipinski definition) is 2. The highest BCUT2D eigenvalue weighted by molar-refractivity contribution is 5.97. The van der Waals surface area contributed by atoms with E-state index < -0.39 is 5.60 Å². The summed E-state index contributed by atoms with van der Waals surface area (Å²) in [6, 6.07) is 9.27. The molecular formula is C26H29N5O4. The highest BCUT2D eigenvalue weighted by Crippen LogP contribution is 2.44. The third-order valence-electron chi connectivity index (χ3n) is 7.24. The van der Waals surface area contributed by atoms with Crippen molar-refractivity contribution in [2.45, 2.75) is 38.4 Å². The number of amides is 3. The number of aromatic nitrogens is 1. The molecule has 1 aromatic heterocycles. The molecule has 3 aliphatic heterocycles. The first-order valence-electron chi connectivity index (χ1n) is 12.0. The quantitative estimate of drug-likeness (QED) is 0.702. The number of carbonyl (C=O) groups excluding carboxylic acids is 2. The Morgan fingerprint density at radius 1 is 1.29 bits per heavy atom. The molecule has 2 fully saturated rings. The number of carbonyl (C=O) groups is 2. The first-order chi connectivity index (χ1) is 17.0. The van der Waals surface area contributed by atoms with Crippen molar-refractivity contribution in [3.63, 3.8) is 0 Å². The number of ether oxygens (including phenoxy) is 2. The standard InChI is InChI=1S/C26H29N5O4/c1-17-23(30-25(33)29-13-19-4-9-34-15-19)11-20(14-28-17)24(32)31-7-5-26(6-8-31)22-3-2-18(12-27)10-21(22)16-35-26/h2-3,10-11,14,19H,4-9,13,15-16H2,1H3,(H2,29,30,33). The molecule has 5 rings (SSSR count). The van der Waals surface area contributed by atoms with E-state index in [9.17, 15) is 9.59 Å². The van der Waals surface area contributed by atoms with Crippen LogP contribution in [0.25, 0.3) is 0 Å². The molecule has 2 aromatic rings. The van der Waals surface area contributed by atoms with Crippen molar-refractivity contribution < 1.29 is 19.1 Å². The maximum Gasteiger partial charge on any atom is 0.319 e. The van der Waals surface area contributed by atoms with Crippen LogP contribution in [0.4, 0.5) is 10.5 Å². The van der Waals surface area contributed by atoms with Gasteiger partial charge >= 0.3 is 6.03 Å². The number of fused-ring (bicyclic) bond motifs is 2. The van der Waals surface area contributed by atoms with Crippen LogP contribution in [0.3, 0.4) is 0 Å². The second-order valence-corrected chi connectivity index (χ2v) is 9.48. The second kappa shape index (κ2) is 9.64. The number of anilines is 1. The first kappa shape index (κ1) is 23.3. The van der Waals surface area contributed by atoms with Crippen LogP contribution >= 0.6 is 0 Å². The molecule has 0 bridgehead atoms. The van der Waals surface area contributed by atoms with Gasteiger partial charge < -0.3 is 25.0 Å². The molecule has 1 atom stereocenters. The summed E-state index contributed by atoms with van der Waals surface area (Å²) < 4.78 is 11.5. The molecule has 1 aromatic carbocycles. The van der Waals surface area contributed by atoms with E-state index in [-0.39, 0.29) is 11.9 Å². The zero-order valence-corrected chi connectivity index (χ0v) is 19.8. The van der Waals surface area contributed by atoms with E-state index >= 15 is 0 Å². The summed E-state index contributed by atoms with van der Waals surface area (Å²) >= 11 is 0. The monoisotopic (exact) mass is 475 g/mol. The normalized spacial score (nSPS) is 20.3. The van der Waals surface area contributed by atoms with Crippen LogP contribution < -0.4 is 10.6 Å². The summed E-state index contributed by atoms with van der Waals surface area (Å²) in [5, 5.41) is 14.9. The summed E-state index contributed by atoms with van der Waals surface area (Å²) in [5.41, 5.74) is 4.02.